The van der Waals surface area contributed by atoms with Crippen molar-refractivity contribution in [3.05, 3.63) is 24.2 Å². The topological polar surface area (TPSA) is 42.4 Å². The normalized spacial score (nSPS) is 15.7. The lowest BCUT2D eigenvalue weighted by molar-refractivity contribution is 0.242. The van der Waals surface area contributed by atoms with Crippen LogP contribution >= 0.6 is 0 Å². The molecular formula is C13H24N2O. The highest BCUT2D eigenvalue weighted by atomic mass is 16.3. The number of nitrogens with two attached hydrogens (primary N) is 1. The highest BCUT2D eigenvalue weighted by Gasteiger charge is 2.14. The van der Waals surface area contributed by atoms with Crippen molar-refractivity contribution in [2.24, 2.45) is 11.7 Å². The van der Waals surface area contributed by atoms with E-state index < -0.39 is 0 Å². The Morgan fingerprint density at radius 3 is 2.56 bits per heavy atom. The summed E-state index contributed by atoms with van der Waals surface area (Å²) in [7, 11) is 2.13. The summed E-state index contributed by atoms with van der Waals surface area (Å²) in [4.78, 5) is 2.31. The van der Waals surface area contributed by atoms with E-state index >= 15 is 0 Å². The SMILES string of the molecule is CC(C)C(N)CCN(C)C(C)c1ccoc1. The van der Waals surface area contributed by atoms with Crippen molar-refractivity contribution in [3.8, 4) is 0 Å². The fourth-order valence-electron chi connectivity index (χ4n) is 1.65. The van der Waals surface area contributed by atoms with Gasteiger partial charge in [0.05, 0.1) is 12.5 Å². The molecule has 16 heavy (non-hydrogen) atoms. The van der Waals surface area contributed by atoms with Gasteiger partial charge in [-0.1, -0.05) is 13.8 Å². The average molecular weight is 224 g/mol. The standard InChI is InChI=1S/C13H24N2O/c1-10(2)13(14)5-7-15(4)11(3)12-6-8-16-9-12/h6,8-11,13H,5,7,14H2,1-4H3. The van der Waals surface area contributed by atoms with Crippen molar-refractivity contribution in [2.75, 3.05) is 13.6 Å². The molecular weight excluding hydrogens is 200 g/mol. The minimum atomic E-state index is 0.291. The summed E-state index contributed by atoms with van der Waals surface area (Å²) in [5.41, 5.74) is 7.26. The van der Waals surface area contributed by atoms with Gasteiger partial charge in [0.2, 0.25) is 0 Å². The van der Waals surface area contributed by atoms with Crippen LogP contribution < -0.4 is 5.73 Å². The molecule has 1 rings (SSSR count). The van der Waals surface area contributed by atoms with E-state index in [1.807, 2.05) is 12.3 Å². The van der Waals surface area contributed by atoms with Gasteiger partial charge < -0.3 is 10.2 Å². The van der Waals surface area contributed by atoms with Crippen LogP contribution in [0, 0.1) is 5.92 Å². The van der Waals surface area contributed by atoms with Gasteiger partial charge in [-0.25, -0.2) is 0 Å². The molecule has 2 N–H and O–H groups in total. The number of furan rings is 1. The van der Waals surface area contributed by atoms with Crippen molar-refractivity contribution in [1.29, 1.82) is 0 Å². The van der Waals surface area contributed by atoms with Gasteiger partial charge in [-0.2, -0.15) is 0 Å². The van der Waals surface area contributed by atoms with E-state index in [-0.39, 0.29) is 0 Å². The molecule has 0 aliphatic carbocycles. The highest BCUT2D eigenvalue weighted by molar-refractivity contribution is 5.10. The van der Waals surface area contributed by atoms with Gasteiger partial charge in [-0.3, -0.25) is 4.90 Å². The Balaban J connectivity index is 2.38. The van der Waals surface area contributed by atoms with Crippen molar-refractivity contribution in [1.82, 2.24) is 4.90 Å². The van der Waals surface area contributed by atoms with Gasteiger partial charge in [0.1, 0.15) is 0 Å². The number of rotatable bonds is 6. The van der Waals surface area contributed by atoms with Crippen molar-refractivity contribution in [3.63, 3.8) is 0 Å². The monoisotopic (exact) mass is 224 g/mol. The maximum atomic E-state index is 6.04. The molecule has 3 nitrogen and oxygen atoms in total. The summed E-state index contributed by atoms with van der Waals surface area (Å²) in [6.07, 6.45) is 4.57. The molecule has 1 aromatic rings. The van der Waals surface area contributed by atoms with Crippen LogP contribution in [-0.4, -0.2) is 24.5 Å². The fraction of sp³-hybridized carbons (Fsp3) is 0.692. The van der Waals surface area contributed by atoms with Gasteiger partial charge in [0.15, 0.2) is 0 Å². The first kappa shape index (κ1) is 13.3. The zero-order valence-electron chi connectivity index (χ0n) is 10.8. The third-order valence-electron chi connectivity index (χ3n) is 3.36. The van der Waals surface area contributed by atoms with E-state index in [0.29, 0.717) is 18.0 Å². The molecule has 0 amide bonds. The Labute approximate surface area is 98.6 Å². The van der Waals surface area contributed by atoms with E-state index in [0.717, 1.165) is 13.0 Å². The Morgan fingerprint density at radius 2 is 2.06 bits per heavy atom. The van der Waals surface area contributed by atoms with Gasteiger partial charge in [-0.05, 0) is 38.9 Å². The lowest BCUT2D eigenvalue weighted by Gasteiger charge is -2.26. The van der Waals surface area contributed by atoms with Crippen LogP contribution in [0.4, 0.5) is 0 Å². The van der Waals surface area contributed by atoms with Crippen LogP contribution in [0.15, 0.2) is 23.0 Å². The molecule has 1 heterocycles. The largest absolute Gasteiger partial charge is 0.472 e. The second-order valence-electron chi connectivity index (χ2n) is 4.91. The molecule has 1 aromatic heterocycles. The van der Waals surface area contributed by atoms with E-state index in [1.54, 1.807) is 6.26 Å². The Kier molecular flexibility index (Phi) is 5.03. The van der Waals surface area contributed by atoms with Crippen LogP contribution in [0.5, 0.6) is 0 Å². The molecule has 0 saturated carbocycles. The van der Waals surface area contributed by atoms with Crippen molar-refractivity contribution in [2.45, 2.75) is 39.3 Å². The second-order valence-corrected chi connectivity index (χ2v) is 4.91. The molecule has 2 atom stereocenters. The Bertz CT molecular complexity index is 282. The maximum Gasteiger partial charge on any atom is 0.0950 e. The van der Waals surface area contributed by atoms with Gasteiger partial charge in [-0.15, -0.1) is 0 Å². The first-order chi connectivity index (χ1) is 7.52. The quantitative estimate of drug-likeness (QED) is 0.807. The zero-order chi connectivity index (χ0) is 12.1. The molecule has 0 saturated heterocycles. The van der Waals surface area contributed by atoms with Crippen LogP contribution in [0.25, 0.3) is 0 Å². The first-order valence-corrected chi connectivity index (χ1v) is 6.00. The predicted molar refractivity (Wildman–Crippen MR) is 67.2 cm³/mol. The number of hydrogen-bond acceptors (Lipinski definition) is 3. The molecule has 2 unspecified atom stereocenters. The second kappa shape index (κ2) is 6.06. The predicted octanol–water partition coefficient (Wildman–Crippen LogP) is 2.65. The highest BCUT2D eigenvalue weighted by Crippen LogP contribution is 2.19. The van der Waals surface area contributed by atoms with Crippen LogP contribution in [0.2, 0.25) is 0 Å². The van der Waals surface area contributed by atoms with E-state index in [1.165, 1.54) is 5.56 Å². The molecule has 92 valence electrons. The maximum absolute atomic E-state index is 6.04. The lowest BCUT2D eigenvalue weighted by Crippen LogP contribution is -2.32. The van der Waals surface area contributed by atoms with Gasteiger partial charge in [0.25, 0.3) is 0 Å². The Hall–Kier alpha value is -0.800. The van der Waals surface area contributed by atoms with Crippen LogP contribution in [-0.2, 0) is 0 Å². The molecule has 0 aliphatic rings. The van der Waals surface area contributed by atoms with Crippen LogP contribution in [0.1, 0.15) is 38.8 Å². The minimum absolute atomic E-state index is 0.291. The molecule has 0 fully saturated rings. The number of hydrogen-bond donors (Lipinski definition) is 1. The first-order valence-electron chi connectivity index (χ1n) is 6.00. The molecule has 0 aromatic carbocycles. The molecule has 0 bridgehead atoms. The summed E-state index contributed by atoms with van der Waals surface area (Å²) < 4.78 is 5.10. The summed E-state index contributed by atoms with van der Waals surface area (Å²) in [6.45, 7) is 7.55. The molecule has 0 aliphatic heterocycles. The summed E-state index contributed by atoms with van der Waals surface area (Å²) >= 11 is 0. The third kappa shape index (κ3) is 3.65. The van der Waals surface area contributed by atoms with Crippen molar-refractivity contribution < 1.29 is 4.42 Å². The smallest absolute Gasteiger partial charge is 0.0950 e. The molecule has 0 spiro atoms. The van der Waals surface area contributed by atoms with Gasteiger partial charge in [0, 0.05) is 17.6 Å². The fourth-order valence-corrected chi connectivity index (χ4v) is 1.65. The third-order valence-corrected chi connectivity index (χ3v) is 3.36. The van der Waals surface area contributed by atoms with E-state index in [2.05, 4.69) is 32.7 Å². The average Bonchev–Trinajstić information content (AvgIpc) is 2.77. The summed E-state index contributed by atoms with van der Waals surface area (Å²) in [5.74, 6) is 0.553. The van der Waals surface area contributed by atoms with Crippen LogP contribution in [0.3, 0.4) is 0 Å². The zero-order valence-corrected chi connectivity index (χ0v) is 10.8. The number of nitrogens with zero attached hydrogens (tertiary/aromatic N) is 1. The summed E-state index contributed by atoms with van der Waals surface area (Å²) in [6, 6.07) is 2.70. The van der Waals surface area contributed by atoms with Crippen molar-refractivity contribution >= 4 is 0 Å². The van der Waals surface area contributed by atoms with E-state index in [9.17, 15) is 0 Å². The van der Waals surface area contributed by atoms with E-state index in [4.69, 9.17) is 10.2 Å². The summed E-state index contributed by atoms with van der Waals surface area (Å²) in [5, 5.41) is 0. The van der Waals surface area contributed by atoms with Gasteiger partial charge >= 0.3 is 0 Å². The Morgan fingerprint density at radius 1 is 1.38 bits per heavy atom. The molecule has 0 radical (unpaired) electrons. The lowest BCUT2D eigenvalue weighted by atomic mass is 10.0. The molecule has 3 heteroatoms. The minimum Gasteiger partial charge on any atom is -0.472 e.